The molecule has 1 aliphatic carbocycles. The molecule has 0 spiro atoms. The van der Waals surface area contributed by atoms with Crippen molar-refractivity contribution in [3.63, 3.8) is 0 Å². The summed E-state index contributed by atoms with van der Waals surface area (Å²) in [5.41, 5.74) is 2.24. The normalized spacial score (nSPS) is 17.3. The van der Waals surface area contributed by atoms with E-state index in [0.717, 1.165) is 54.4 Å². The van der Waals surface area contributed by atoms with E-state index in [2.05, 4.69) is 60.6 Å². The summed E-state index contributed by atoms with van der Waals surface area (Å²) < 4.78 is 17.5. The molecule has 1 fully saturated rings. The van der Waals surface area contributed by atoms with Gasteiger partial charge in [-0.3, -0.25) is 0 Å². The summed E-state index contributed by atoms with van der Waals surface area (Å²) in [4.78, 5) is 38.4. The second-order valence-corrected chi connectivity index (χ2v) is 13.7. The molecule has 0 aliphatic heterocycles. The van der Waals surface area contributed by atoms with Crippen LogP contribution >= 0.6 is 17.2 Å². The van der Waals surface area contributed by atoms with Crippen LogP contribution in [0.4, 0.5) is 0 Å². The van der Waals surface area contributed by atoms with Crippen LogP contribution in [0.1, 0.15) is 102 Å². The van der Waals surface area contributed by atoms with Crippen molar-refractivity contribution in [2.45, 2.75) is 104 Å². The lowest BCUT2D eigenvalue weighted by Gasteiger charge is -2.45. The monoisotopic (exact) mass is 548 g/mol. The van der Waals surface area contributed by atoms with Gasteiger partial charge in [0.2, 0.25) is 0 Å². The fourth-order valence-electron chi connectivity index (χ4n) is 4.97. The van der Waals surface area contributed by atoms with Crippen molar-refractivity contribution >= 4 is 17.2 Å². The minimum absolute atomic E-state index is 0.0638. The Balaban J connectivity index is 2.86. The molecule has 1 unspecified atom stereocenters. The molecule has 10 heteroatoms. The molecule has 208 valence electrons. The molecular formula is C26H46O8P2. The van der Waals surface area contributed by atoms with E-state index in [0.29, 0.717) is 0 Å². The fourth-order valence-corrected chi connectivity index (χ4v) is 5.72. The average Bonchev–Trinajstić information content (AvgIpc) is 2.77. The Kier molecular flexibility index (Phi) is 11.7. The van der Waals surface area contributed by atoms with Gasteiger partial charge in [-0.05, 0) is 47.3 Å². The van der Waals surface area contributed by atoms with Crippen LogP contribution in [-0.2, 0) is 24.6 Å². The van der Waals surface area contributed by atoms with E-state index < -0.39 is 35.3 Å². The second-order valence-electron chi connectivity index (χ2n) is 12.1. The number of aliphatic hydroxyl groups is 1. The summed E-state index contributed by atoms with van der Waals surface area (Å²) in [5.74, 6) is 0. The zero-order chi connectivity index (χ0) is 27.3. The maximum absolute atomic E-state index is 10.9. The first-order chi connectivity index (χ1) is 16.6. The van der Waals surface area contributed by atoms with Crippen LogP contribution in [0.15, 0.2) is 12.1 Å². The molecule has 2 rings (SSSR count). The summed E-state index contributed by atoms with van der Waals surface area (Å²) in [6.07, 6.45) is 4.15. The summed E-state index contributed by atoms with van der Waals surface area (Å²) in [6, 6.07) is 4.28. The second kappa shape index (κ2) is 13.2. The van der Waals surface area contributed by atoms with Crippen molar-refractivity contribution in [2.75, 3.05) is 19.8 Å². The highest BCUT2D eigenvalue weighted by molar-refractivity contribution is 7.39. The van der Waals surface area contributed by atoms with Gasteiger partial charge in [0.05, 0.1) is 37.4 Å². The van der Waals surface area contributed by atoms with Crippen LogP contribution in [0.2, 0.25) is 0 Å². The Labute approximate surface area is 219 Å². The van der Waals surface area contributed by atoms with E-state index >= 15 is 0 Å². The molecule has 5 N–H and O–H groups in total. The number of aliphatic hydroxyl groups excluding tert-OH is 1. The molecule has 1 atom stereocenters. The number of aryl methyl sites for hydroxylation is 1. The first kappa shape index (κ1) is 32.0. The molecule has 1 aliphatic rings. The van der Waals surface area contributed by atoms with Crippen LogP contribution in [0.5, 0.6) is 0 Å². The molecule has 0 bridgehead atoms. The lowest BCUT2D eigenvalue weighted by molar-refractivity contribution is -0.142. The third kappa shape index (κ3) is 8.64. The van der Waals surface area contributed by atoms with E-state index in [1.165, 1.54) is 0 Å². The molecule has 0 saturated heterocycles. The Hall–Kier alpha value is -0.240. The Morgan fingerprint density at radius 3 is 1.64 bits per heavy atom. The van der Waals surface area contributed by atoms with E-state index in [9.17, 15) is 24.7 Å². The lowest BCUT2D eigenvalue weighted by Crippen LogP contribution is -2.45. The molecule has 0 heterocycles. The van der Waals surface area contributed by atoms with Crippen LogP contribution < -0.4 is 0 Å². The first-order valence-corrected chi connectivity index (χ1v) is 15.0. The largest absolute Gasteiger partial charge is 0.395 e. The summed E-state index contributed by atoms with van der Waals surface area (Å²) in [5, 5.41) is 10.9. The minimum atomic E-state index is -2.72. The fraction of sp³-hybridized carbons (Fsp3) is 0.769. The lowest BCUT2D eigenvalue weighted by atomic mass is 9.69. The van der Waals surface area contributed by atoms with Gasteiger partial charge in [0.15, 0.2) is 0 Å². The molecule has 8 nitrogen and oxygen atoms in total. The van der Waals surface area contributed by atoms with Gasteiger partial charge in [-0.1, -0.05) is 78.5 Å². The van der Waals surface area contributed by atoms with Crippen molar-refractivity contribution in [3.05, 3.63) is 34.4 Å². The van der Waals surface area contributed by atoms with Crippen LogP contribution in [-0.4, -0.2) is 50.6 Å². The highest BCUT2D eigenvalue weighted by Crippen LogP contribution is 2.50. The van der Waals surface area contributed by atoms with Crippen LogP contribution in [0, 0.1) is 12.3 Å². The Morgan fingerprint density at radius 2 is 1.28 bits per heavy atom. The van der Waals surface area contributed by atoms with Gasteiger partial charge in [0.1, 0.15) is 0 Å². The zero-order valence-electron chi connectivity index (χ0n) is 22.8. The predicted octanol–water partition coefficient (Wildman–Crippen LogP) is 5.42. The van der Waals surface area contributed by atoms with Gasteiger partial charge in [-0.25, -0.2) is 0 Å². The smallest absolute Gasteiger partial charge is 0.327 e. The quantitative estimate of drug-likeness (QED) is 0.232. The van der Waals surface area contributed by atoms with Gasteiger partial charge >= 0.3 is 17.2 Å². The molecular weight excluding hydrogens is 502 g/mol. The van der Waals surface area contributed by atoms with Crippen molar-refractivity contribution in [3.8, 4) is 0 Å². The SMILES string of the molecule is Cc1cc(C(C)(C)C)c(C(OC2CCCCC2)C(CO)(COP(O)O)COP(O)O)c(C(C)(C)C)c1. The summed E-state index contributed by atoms with van der Waals surface area (Å²) in [7, 11) is -5.43. The van der Waals surface area contributed by atoms with Gasteiger partial charge in [-0.2, -0.15) is 0 Å². The van der Waals surface area contributed by atoms with Gasteiger partial charge in [-0.15, -0.1) is 0 Å². The molecule has 1 aromatic rings. The van der Waals surface area contributed by atoms with Crippen molar-refractivity contribution in [1.29, 1.82) is 0 Å². The molecule has 1 aromatic carbocycles. The number of hydrogen-bond acceptors (Lipinski definition) is 8. The first-order valence-electron chi connectivity index (χ1n) is 12.6. The van der Waals surface area contributed by atoms with Crippen LogP contribution in [0.3, 0.4) is 0 Å². The topological polar surface area (TPSA) is 129 Å². The van der Waals surface area contributed by atoms with Crippen molar-refractivity contribution < 1.29 is 38.5 Å². The maximum atomic E-state index is 10.9. The number of hydrogen-bond donors (Lipinski definition) is 5. The van der Waals surface area contributed by atoms with Gasteiger partial charge < -0.3 is 38.5 Å². The van der Waals surface area contributed by atoms with E-state index in [1.54, 1.807) is 0 Å². The number of rotatable bonds is 11. The average molecular weight is 549 g/mol. The standard InChI is InChI=1S/C26H46O8P2/c1-18-13-20(24(2,3)4)22(21(14-18)25(5,6)7)23(34-19-11-9-8-10-12-19)26(15-27,16-32-35(28)29)17-33-36(30)31/h13-14,19,23,27-31H,8-12,15-17H2,1-7H3. The highest BCUT2D eigenvalue weighted by atomic mass is 31.2. The van der Waals surface area contributed by atoms with E-state index in [1.807, 2.05) is 0 Å². The van der Waals surface area contributed by atoms with Crippen molar-refractivity contribution in [2.24, 2.45) is 5.41 Å². The Bertz CT molecular complexity index is 779. The number of benzene rings is 1. The summed E-state index contributed by atoms with van der Waals surface area (Å²) >= 11 is 0. The van der Waals surface area contributed by atoms with E-state index in [4.69, 9.17) is 13.8 Å². The highest BCUT2D eigenvalue weighted by Gasteiger charge is 2.47. The molecule has 36 heavy (non-hydrogen) atoms. The van der Waals surface area contributed by atoms with Gasteiger partial charge in [0, 0.05) is 0 Å². The summed E-state index contributed by atoms with van der Waals surface area (Å²) in [6.45, 7) is 13.7. The third-order valence-electron chi connectivity index (χ3n) is 6.89. The Morgan fingerprint density at radius 1 is 0.833 bits per heavy atom. The number of ether oxygens (including phenoxy) is 1. The third-order valence-corrected chi connectivity index (χ3v) is 7.61. The van der Waals surface area contributed by atoms with Gasteiger partial charge in [0.25, 0.3) is 0 Å². The zero-order valence-corrected chi connectivity index (χ0v) is 24.6. The van der Waals surface area contributed by atoms with Crippen LogP contribution in [0.25, 0.3) is 0 Å². The molecule has 1 saturated carbocycles. The molecule has 0 radical (unpaired) electrons. The predicted molar refractivity (Wildman–Crippen MR) is 143 cm³/mol. The van der Waals surface area contributed by atoms with Crippen molar-refractivity contribution in [1.82, 2.24) is 0 Å². The van der Waals surface area contributed by atoms with E-state index in [-0.39, 0.29) is 30.1 Å². The maximum Gasteiger partial charge on any atom is 0.327 e. The molecule has 0 amide bonds. The minimum Gasteiger partial charge on any atom is -0.395 e. The molecule has 0 aromatic heterocycles.